The predicted molar refractivity (Wildman–Crippen MR) is 110 cm³/mol. The average molecular weight is 409 g/mol. The molecule has 1 aliphatic rings. The van der Waals surface area contributed by atoms with Crippen LogP contribution in [0, 0.1) is 0 Å². The van der Waals surface area contributed by atoms with E-state index in [-0.39, 0.29) is 24.4 Å². The van der Waals surface area contributed by atoms with E-state index in [2.05, 4.69) is 15.7 Å². The number of aryl methyl sites for hydroxylation is 1. The minimum absolute atomic E-state index is 0. The van der Waals surface area contributed by atoms with Crippen molar-refractivity contribution >= 4 is 18.3 Å². The van der Waals surface area contributed by atoms with Crippen LogP contribution in [0.15, 0.2) is 30.6 Å². The van der Waals surface area contributed by atoms with Crippen LogP contribution in [0.4, 0.5) is 0 Å². The second-order valence-corrected chi connectivity index (χ2v) is 6.90. The molecular weight excluding hydrogens is 380 g/mol. The van der Waals surface area contributed by atoms with E-state index in [0.29, 0.717) is 12.3 Å². The van der Waals surface area contributed by atoms with E-state index >= 15 is 0 Å². The van der Waals surface area contributed by atoms with Crippen molar-refractivity contribution in [1.29, 1.82) is 0 Å². The molecule has 0 spiro atoms. The smallest absolute Gasteiger partial charge is 0.242 e. The predicted octanol–water partition coefficient (Wildman–Crippen LogP) is 2.75. The fraction of sp³-hybridized carbons (Fsp3) is 0.500. The lowest BCUT2D eigenvalue weighted by Gasteiger charge is -2.17. The molecule has 0 aliphatic heterocycles. The Bertz CT molecular complexity index is 775. The summed E-state index contributed by atoms with van der Waals surface area (Å²) in [6.07, 6.45) is 8.45. The zero-order valence-electron chi connectivity index (χ0n) is 16.6. The number of halogens is 1. The van der Waals surface area contributed by atoms with Crippen molar-refractivity contribution in [3.63, 3.8) is 0 Å². The van der Waals surface area contributed by atoms with E-state index in [0.717, 1.165) is 29.7 Å². The molecule has 28 heavy (non-hydrogen) atoms. The van der Waals surface area contributed by atoms with Gasteiger partial charge in [-0.25, -0.2) is 0 Å². The van der Waals surface area contributed by atoms with E-state index in [1.807, 2.05) is 31.4 Å². The first kappa shape index (κ1) is 22.0. The quantitative estimate of drug-likeness (QED) is 0.702. The first-order valence-electron chi connectivity index (χ1n) is 9.37. The van der Waals surface area contributed by atoms with Gasteiger partial charge in [-0.15, -0.1) is 12.4 Å². The fourth-order valence-corrected chi connectivity index (χ4v) is 3.43. The first-order valence-corrected chi connectivity index (χ1v) is 9.37. The van der Waals surface area contributed by atoms with Gasteiger partial charge in [0.2, 0.25) is 5.91 Å². The monoisotopic (exact) mass is 408 g/mol. The van der Waals surface area contributed by atoms with Gasteiger partial charge in [0.25, 0.3) is 0 Å². The Labute approximate surface area is 172 Å². The summed E-state index contributed by atoms with van der Waals surface area (Å²) in [5, 5.41) is 10.1. The van der Waals surface area contributed by atoms with E-state index in [4.69, 9.17) is 9.47 Å². The maximum absolute atomic E-state index is 12.5. The van der Waals surface area contributed by atoms with Crippen LogP contribution in [0.3, 0.4) is 0 Å². The first-order chi connectivity index (χ1) is 13.1. The van der Waals surface area contributed by atoms with Crippen molar-refractivity contribution in [2.45, 2.75) is 44.4 Å². The van der Waals surface area contributed by atoms with Crippen molar-refractivity contribution < 1.29 is 14.3 Å². The number of nitrogens with zero attached hydrogens (tertiary/aromatic N) is 2. The summed E-state index contributed by atoms with van der Waals surface area (Å²) >= 11 is 0. The third kappa shape index (κ3) is 5.39. The van der Waals surface area contributed by atoms with E-state index in [1.54, 1.807) is 25.0 Å². The minimum Gasteiger partial charge on any atom is -0.493 e. The molecule has 8 heteroatoms. The number of rotatable bonds is 8. The van der Waals surface area contributed by atoms with Gasteiger partial charge in [0.15, 0.2) is 11.5 Å². The molecular formula is C20H29ClN4O3. The molecule has 1 saturated carbocycles. The molecule has 1 unspecified atom stereocenters. The fourth-order valence-electron chi connectivity index (χ4n) is 3.43. The second-order valence-electron chi connectivity index (χ2n) is 6.90. The Morgan fingerprint density at radius 2 is 2.07 bits per heavy atom. The number of aromatic nitrogens is 2. The number of amides is 1. The SMILES string of the molecule is CNC(C(=O)NCc1ccc(OC2CCCC2)c(OC)c1)c1cnn(C)c1.Cl. The van der Waals surface area contributed by atoms with E-state index < -0.39 is 6.04 Å². The lowest BCUT2D eigenvalue weighted by atomic mass is 10.1. The molecule has 1 amide bonds. The zero-order chi connectivity index (χ0) is 19.2. The third-order valence-electron chi connectivity index (χ3n) is 4.90. The summed E-state index contributed by atoms with van der Waals surface area (Å²) in [5.41, 5.74) is 1.79. The summed E-state index contributed by atoms with van der Waals surface area (Å²) in [5.74, 6) is 1.37. The number of ether oxygens (including phenoxy) is 2. The third-order valence-corrected chi connectivity index (χ3v) is 4.90. The number of methoxy groups -OCH3 is 1. The van der Waals surface area contributed by atoms with Crippen LogP contribution in [0.1, 0.15) is 42.9 Å². The topological polar surface area (TPSA) is 77.4 Å². The molecule has 1 aromatic heterocycles. The van der Waals surface area contributed by atoms with Gasteiger partial charge >= 0.3 is 0 Å². The highest BCUT2D eigenvalue weighted by Gasteiger charge is 2.21. The van der Waals surface area contributed by atoms with Gasteiger partial charge in [-0.2, -0.15) is 5.10 Å². The molecule has 0 bridgehead atoms. The normalized spacial score (nSPS) is 15.0. The Balaban J connectivity index is 0.00000280. The van der Waals surface area contributed by atoms with Crippen LogP contribution in [0.2, 0.25) is 0 Å². The minimum atomic E-state index is -0.439. The van der Waals surface area contributed by atoms with Crippen molar-refractivity contribution in [2.24, 2.45) is 7.05 Å². The maximum Gasteiger partial charge on any atom is 0.242 e. The van der Waals surface area contributed by atoms with Gasteiger partial charge in [-0.3, -0.25) is 9.48 Å². The molecule has 0 saturated heterocycles. The van der Waals surface area contributed by atoms with Gasteiger partial charge in [0, 0.05) is 25.4 Å². The number of carbonyl (C=O) groups excluding carboxylic acids is 1. The van der Waals surface area contributed by atoms with Crippen LogP contribution in [0.25, 0.3) is 0 Å². The van der Waals surface area contributed by atoms with E-state index in [9.17, 15) is 4.79 Å². The number of nitrogens with one attached hydrogen (secondary N) is 2. The highest BCUT2D eigenvalue weighted by Crippen LogP contribution is 2.32. The standard InChI is InChI=1S/C20H28N4O3.ClH/c1-21-19(15-12-23-24(2)13-15)20(25)22-11-14-8-9-17(18(10-14)26-3)27-16-6-4-5-7-16;/h8-10,12-13,16,19,21H,4-7,11H2,1-3H3,(H,22,25);1H. The molecule has 1 heterocycles. The molecule has 3 rings (SSSR count). The van der Waals surface area contributed by atoms with Crippen LogP contribution in [-0.2, 0) is 18.4 Å². The summed E-state index contributed by atoms with van der Waals surface area (Å²) in [6, 6.07) is 5.37. The van der Waals surface area contributed by atoms with Crippen LogP contribution < -0.4 is 20.1 Å². The summed E-state index contributed by atoms with van der Waals surface area (Å²) < 4.78 is 13.2. The summed E-state index contributed by atoms with van der Waals surface area (Å²) in [4.78, 5) is 12.5. The summed E-state index contributed by atoms with van der Waals surface area (Å²) in [7, 11) is 5.23. The van der Waals surface area contributed by atoms with Crippen LogP contribution in [0.5, 0.6) is 11.5 Å². The Hall–Kier alpha value is -2.25. The van der Waals surface area contributed by atoms with E-state index in [1.165, 1.54) is 12.8 Å². The van der Waals surface area contributed by atoms with Crippen LogP contribution >= 0.6 is 12.4 Å². The van der Waals surface area contributed by atoms with Crippen molar-refractivity contribution in [2.75, 3.05) is 14.2 Å². The molecule has 1 aromatic carbocycles. The molecule has 154 valence electrons. The number of hydrogen-bond donors (Lipinski definition) is 2. The number of benzene rings is 1. The number of hydrogen-bond acceptors (Lipinski definition) is 5. The van der Waals surface area contributed by atoms with Gasteiger partial charge < -0.3 is 20.1 Å². The molecule has 7 nitrogen and oxygen atoms in total. The molecule has 0 radical (unpaired) electrons. The van der Waals surface area contributed by atoms with Crippen molar-refractivity contribution in [3.05, 3.63) is 41.7 Å². The van der Waals surface area contributed by atoms with Crippen molar-refractivity contribution in [3.8, 4) is 11.5 Å². The highest BCUT2D eigenvalue weighted by atomic mass is 35.5. The molecule has 1 atom stereocenters. The summed E-state index contributed by atoms with van der Waals surface area (Å²) in [6.45, 7) is 0.414. The average Bonchev–Trinajstić information content (AvgIpc) is 3.33. The van der Waals surface area contributed by atoms with Crippen LogP contribution in [-0.4, -0.2) is 35.9 Å². The highest BCUT2D eigenvalue weighted by molar-refractivity contribution is 5.85. The lowest BCUT2D eigenvalue weighted by Crippen LogP contribution is -2.35. The largest absolute Gasteiger partial charge is 0.493 e. The Kier molecular flexibility index (Phi) is 8.14. The number of carbonyl (C=O) groups is 1. The van der Waals surface area contributed by atoms with Crippen molar-refractivity contribution in [1.82, 2.24) is 20.4 Å². The lowest BCUT2D eigenvalue weighted by molar-refractivity contribution is -0.123. The maximum atomic E-state index is 12.5. The van der Waals surface area contributed by atoms with Gasteiger partial charge in [0.1, 0.15) is 6.04 Å². The van der Waals surface area contributed by atoms with Gasteiger partial charge in [-0.05, 0) is 50.4 Å². The number of likely N-dealkylation sites (N-methyl/N-ethyl adjacent to an activating group) is 1. The molecule has 1 aliphatic carbocycles. The Morgan fingerprint density at radius 1 is 1.32 bits per heavy atom. The molecule has 1 fully saturated rings. The Morgan fingerprint density at radius 3 is 2.68 bits per heavy atom. The van der Waals surface area contributed by atoms with Gasteiger partial charge in [0.05, 0.1) is 19.4 Å². The second kappa shape index (κ2) is 10.3. The zero-order valence-corrected chi connectivity index (χ0v) is 17.4. The van der Waals surface area contributed by atoms with Gasteiger partial charge in [-0.1, -0.05) is 6.07 Å². The molecule has 2 aromatic rings. The molecule has 2 N–H and O–H groups in total.